The number of nitrogens with zero attached hydrogens (tertiary/aromatic N) is 6. The molecular formula is C56H34N6. The predicted molar refractivity (Wildman–Crippen MR) is 253 cm³/mol. The molecule has 0 saturated heterocycles. The van der Waals surface area contributed by atoms with Crippen molar-refractivity contribution in [2.24, 2.45) is 0 Å². The van der Waals surface area contributed by atoms with Gasteiger partial charge < -0.3 is 18.3 Å². The van der Waals surface area contributed by atoms with Crippen LogP contribution in [-0.4, -0.2) is 18.3 Å². The maximum Gasteiger partial charge on any atom is 0.104 e. The lowest BCUT2D eigenvalue weighted by molar-refractivity contribution is 0.878. The van der Waals surface area contributed by atoms with Gasteiger partial charge >= 0.3 is 0 Å². The summed E-state index contributed by atoms with van der Waals surface area (Å²) in [5.74, 6) is 0. The highest BCUT2D eigenvalue weighted by molar-refractivity contribution is 6.14. The summed E-state index contributed by atoms with van der Waals surface area (Å²) >= 11 is 0. The van der Waals surface area contributed by atoms with E-state index in [1.54, 1.807) is 0 Å². The third-order valence-corrected chi connectivity index (χ3v) is 13.1. The Morgan fingerprint density at radius 3 is 1.03 bits per heavy atom. The Morgan fingerprint density at radius 2 is 0.645 bits per heavy atom. The summed E-state index contributed by atoms with van der Waals surface area (Å²) in [5, 5.41) is 31.8. The quantitative estimate of drug-likeness (QED) is 0.178. The molecule has 0 N–H and O–H groups in total. The molecule has 4 heterocycles. The third kappa shape index (κ3) is 4.45. The van der Waals surface area contributed by atoms with E-state index in [1.807, 2.05) is 12.1 Å². The lowest BCUT2D eigenvalue weighted by Gasteiger charge is -2.28. The molecule has 62 heavy (non-hydrogen) atoms. The fraction of sp³-hybridized carbons (Fsp3) is 0.0357. The van der Waals surface area contributed by atoms with Crippen LogP contribution in [0.1, 0.15) is 28.8 Å². The molecule has 0 unspecified atom stereocenters. The van der Waals surface area contributed by atoms with E-state index in [0.717, 1.165) is 112 Å². The molecule has 0 amide bonds. The van der Waals surface area contributed by atoms with Crippen LogP contribution in [0.3, 0.4) is 0 Å². The van der Waals surface area contributed by atoms with Crippen LogP contribution in [0, 0.1) is 22.7 Å². The molecule has 1 aliphatic rings. The molecule has 6 heteroatoms. The van der Waals surface area contributed by atoms with Gasteiger partial charge in [0.1, 0.15) is 23.3 Å². The molecule has 0 fully saturated rings. The van der Waals surface area contributed by atoms with Gasteiger partial charge in [-0.25, -0.2) is 0 Å². The molecule has 13 rings (SSSR count). The Bertz CT molecular complexity index is 3860. The van der Waals surface area contributed by atoms with E-state index in [4.69, 9.17) is 0 Å². The zero-order valence-electron chi connectivity index (χ0n) is 33.4. The molecule has 8 aromatic carbocycles. The normalized spacial score (nSPS) is 12.6. The summed E-state index contributed by atoms with van der Waals surface area (Å²) in [6.45, 7) is 0. The van der Waals surface area contributed by atoms with Gasteiger partial charge in [0.15, 0.2) is 0 Å². The van der Waals surface area contributed by atoms with Gasteiger partial charge in [-0.15, -0.1) is 0 Å². The topological polar surface area (TPSA) is 67.3 Å². The zero-order valence-corrected chi connectivity index (χ0v) is 33.4. The standard InChI is InChI=1S/C56H34N6/c57-33-43-53(59-45-25-9-1-17-35(45)36-18-2-10-26-46(36)59)44(34-58)55(61-49-29-13-5-21-39(49)40-22-6-14-30-50(40)61)56(62-51-31-15-7-23-41(51)42-24-8-16-32-52(42)62)54(43)60-47-27-11-3-19-37(47)38-20-4-12-28-48(38)60/h1-13,15-29,31-32H,14,30H2. The second-order valence-electron chi connectivity index (χ2n) is 16.1. The molecule has 0 aliphatic heterocycles. The Balaban J connectivity index is 1.39. The van der Waals surface area contributed by atoms with Crippen molar-refractivity contribution in [2.75, 3.05) is 0 Å². The Hall–Kier alpha value is -8.58. The molecule has 1 aliphatic carbocycles. The molecule has 12 aromatic rings. The molecule has 288 valence electrons. The van der Waals surface area contributed by atoms with E-state index < -0.39 is 0 Å². The van der Waals surface area contributed by atoms with Gasteiger partial charge in [0.05, 0.1) is 61.4 Å². The van der Waals surface area contributed by atoms with Crippen LogP contribution >= 0.6 is 0 Å². The van der Waals surface area contributed by atoms with E-state index in [2.05, 4.69) is 200 Å². The van der Waals surface area contributed by atoms with Crippen LogP contribution < -0.4 is 0 Å². The largest absolute Gasteiger partial charge is 0.310 e. The second-order valence-corrected chi connectivity index (χ2v) is 16.1. The highest BCUT2D eigenvalue weighted by Crippen LogP contribution is 2.49. The summed E-state index contributed by atoms with van der Waals surface area (Å²) in [6, 6.07) is 64.9. The van der Waals surface area contributed by atoms with E-state index >= 15 is 0 Å². The second kappa shape index (κ2) is 13.0. The maximum atomic E-state index is 12.1. The number of aromatic nitrogens is 4. The fourth-order valence-corrected chi connectivity index (χ4v) is 10.7. The molecule has 0 bridgehead atoms. The van der Waals surface area contributed by atoms with Crippen LogP contribution in [-0.2, 0) is 6.42 Å². The minimum absolute atomic E-state index is 0.408. The Kier molecular flexibility index (Phi) is 7.17. The van der Waals surface area contributed by atoms with E-state index in [9.17, 15) is 10.5 Å². The summed E-state index contributed by atoms with van der Waals surface area (Å²) in [5.41, 5.74) is 12.7. The van der Waals surface area contributed by atoms with Crippen LogP contribution in [0.25, 0.3) is 105 Å². The highest BCUT2D eigenvalue weighted by Gasteiger charge is 2.35. The number of nitriles is 2. The molecular weight excluding hydrogens is 757 g/mol. The van der Waals surface area contributed by atoms with Gasteiger partial charge in [0.2, 0.25) is 0 Å². The first-order valence-corrected chi connectivity index (χ1v) is 21.1. The van der Waals surface area contributed by atoms with Gasteiger partial charge in [-0.1, -0.05) is 140 Å². The van der Waals surface area contributed by atoms with Crippen LogP contribution in [0.2, 0.25) is 0 Å². The SMILES string of the molecule is N#Cc1c(-n2c3c(c4ccccc42)C=CCC3)c(-n2c3ccccc3c3ccccc32)c(-n2c3ccccc3c3ccccc32)c(C#N)c1-n1c2ccccc2c2ccccc21. The number of hydrogen-bond donors (Lipinski definition) is 0. The minimum Gasteiger partial charge on any atom is -0.310 e. The minimum atomic E-state index is 0.408. The van der Waals surface area contributed by atoms with Gasteiger partial charge in [0.25, 0.3) is 0 Å². The van der Waals surface area contributed by atoms with Crippen molar-refractivity contribution in [1.82, 2.24) is 18.3 Å². The molecule has 0 saturated carbocycles. The smallest absolute Gasteiger partial charge is 0.104 e. The van der Waals surface area contributed by atoms with Crippen molar-refractivity contribution in [3.63, 3.8) is 0 Å². The number of allylic oxidation sites excluding steroid dienone is 1. The third-order valence-electron chi connectivity index (χ3n) is 13.1. The van der Waals surface area contributed by atoms with Crippen LogP contribution in [0.15, 0.2) is 176 Å². The van der Waals surface area contributed by atoms with Gasteiger partial charge in [-0.2, -0.15) is 10.5 Å². The first kappa shape index (κ1) is 34.3. The summed E-state index contributed by atoms with van der Waals surface area (Å²) in [4.78, 5) is 0. The first-order valence-electron chi connectivity index (χ1n) is 21.1. The first-order chi connectivity index (χ1) is 30.8. The van der Waals surface area contributed by atoms with Crippen molar-refractivity contribution < 1.29 is 0 Å². The monoisotopic (exact) mass is 790 g/mol. The fourth-order valence-electron chi connectivity index (χ4n) is 10.7. The zero-order chi connectivity index (χ0) is 41.1. The van der Waals surface area contributed by atoms with E-state index in [0.29, 0.717) is 22.5 Å². The molecule has 4 aromatic heterocycles. The molecule has 6 nitrogen and oxygen atoms in total. The average Bonchev–Trinajstić information content (AvgIpc) is 4.06. The lowest BCUT2D eigenvalue weighted by atomic mass is 9.98. The maximum absolute atomic E-state index is 12.1. The highest BCUT2D eigenvalue weighted by atomic mass is 15.1. The number of benzene rings is 8. The van der Waals surface area contributed by atoms with Crippen LogP contribution in [0.5, 0.6) is 0 Å². The van der Waals surface area contributed by atoms with Crippen molar-refractivity contribution in [2.45, 2.75) is 12.8 Å². The van der Waals surface area contributed by atoms with Gasteiger partial charge in [-0.3, -0.25) is 0 Å². The summed E-state index contributed by atoms with van der Waals surface area (Å²) in [7, 11) is 0. The lowest BCUT2D eigenvalue weighted by Crippen LogP contribution is -2.18. The van der Waals surface area contributed by atoms with E-state index in [1.165, 1.54) is 0 Å². The number of fused-ring (bicyclic) bond motifs is 12. The van der Waals surface area contributed by atoms with Gasteiger partial charge in [0, 0.05) is 49.0 Å². The van der Waals surface area contributed by atoms with Crippen molar-refractivity contribution >= 4 is 82.4 Å². The van der Waals surface area contributed by atoms with E-state index in [-0.39, 0.29) is 0 Å². The molecule has 0 atom stereocenters. The number of hydrogen-bond acceptors (Lipinski definition) is 2. The summed E-state index contributed by atoms with van der Waals surface area (Å²) in [6.07, 6.45) is 6.15. The van der Waals surface area contributed by atoms with Crippen molar-refractivity contribution in [3.05, 3.63) is 198 Å². The van der Waals surface area contributed by atoms with Crippen molar-refractivity contribution in [3.8, 4) is 34.9 Å². The Morgan fingerprint density at radius 1 is 0.339 bits per heavy atom. The van der Waals surface area contributed by atoms with Crippen LogP contribution in [0.4, 0.5) is 0 Å². The average molecular weight is 791 g/mol. The predicted octanol–water partition coefficient (Wildman–Crippen LogP) is 13.6. The number of para-hydroxylation sites is 7. The van der Waals surface area contributed by atoms with Crippen molar-refractivity contribution in [1.29, 1.82) is 10.5 Å². The summed E-state index contributed by atoms with van der Waals surface area (Å²) < 4.78 is 9.16. The Labute approximate surface area is 355 Å². The molecule has 0 spiro atoms. The molecule has 0 radical (unpaired) electrons. The number of rotatable bonds is 4. The van der Waals surface area contributed by atoms with Gasteiger partial charge in [-0.05, 0) is 55.3 Å².